The molecule has 6 nitrogen and oxygen atoms in total. The molecule has 1 rings (SSSR count). The largest absolute Gasteiger partial charge is 0.450 e. The first-order chi connectivity index (χ1) is 9.72. The van der Waals surface area contributed by atoms with Crippen LogP contribution < -0.4 is 5.32 Å². The van der Waals surface area contributed by atoms with Crippen molar-refractivity contribution in [3.05, 3.63) is 0 Å². The number of nitrogens with one attached hydrogen (secondary N) is 1. The summed E-state index contributed by atoms with van der Waals surface area (Å²) in [7, 11) is -5.38. The van der Waals surface area contributed by atoms with E-state index in [0.717, 1.165) is 32.1 Å². The molecular weight excluding hydrogens is 308 g/mol. The second-order valence-electron chi connectivity index (χ2n) is 5.18. The molecule has 9 heteroatoms. The third kappa shape index (κ3) is 6.56. The van der Waals surface area contributed by atoms with Crippen molar-refractivity contribution in [2.24, 2.45) is 0 Å². The summed E-state index contributed by atoms with van der Waals surface area (Å²) < 4.78 is 59.6. The third-order valence-corrected chi connectivity index (χ3v) is 4.36. The lowest BCUT2D eigenvalue weighted by Gasteiger charge is -2.22. The van der Waals surface area contributed by atoms with Gasteiger partial charge in [0, 0.05) is 12.5 Å². The fraction of sp³-hybridized carbons (Fsp3) is 0.917. The molecule has 0 saturated heterocycles. The van der Waals surface area contributed by atoms with Gasteiger partial charge in [-0.2, -0.15) is 17.2 Å². The number of hydrogen-bond acceptors (Lipinski definition) is 4. The van der Waals surface area contributed by atoms with E-state index in [-0.39, 0.29) is 25.5 Å². The van der Waals surface area contributed by atoms with Crippen molar-refractivity contribution in [1.82, 2.24) is 5.32 Å². The molecular formula is C12H21F2NO5S. The van der Waals surface area contributed by atoms with Gasteiger partial charge in [0.1, 0.15) is 0 Å². The Balaban J connectivity index is 2.12. The van der Waals surface area contributed by atoms with Crippen LogP contribution in [0.4, 0.5) is 13.6 Å². The van der Waals surface area contributed by atoms with E-state index < -0.39 is 27.9 Å². The summed E-state index contributed by atoms with van der Waals surface area (Å²) in [5.74, 6) is 0. The predicted molar refractivity (Wildman–Crippen MR) is 71.7 cm³/mol. The number of carbonyl (C=O) groups excluding carboxylic acids is 1. The van der Waals surface area contributed by atoms with Crippen LogP contribution in [0.15, 0.2) is 0 Å². The Morgan fingerprint density at radius 1 is 1.24 bits per heavy atom. The Kier molecular flexibility index (Phi) is 6.79. The minimum Gasteiger partial charge on any atom is -0.450 e. The molecule has 1 saturated carbocycles. The highest BCUT2D eigenvalue weighted by molar-refractivity contribution is 7.86. The highest BCUT2D eigenvalue weighted by Gasteiger charge is 2.42. The second kappa shape index (κ2) is 7.88. The molecule has 1 amide bonds. The van der Waals surface area contributed by atoms with Crippen molar-refractivity contribution in [3.63, 3.8) is 0 Å². The summed E-state index contributed by atoms with van der Waals surface area (Å²) >= 11 is 0. The minimum atomic E-state index is -5.38. The molecule has 0 heterocycles. The summed E-state index contributed by atoms with van der Waals surface area (Å²) in [6, 6.07) is 0.107. The van der Waals surface area contributed by atoms with Crippen molar-refractivity contribution in [2.75, 3.05) is 6.61 Å². The van der Waals surface area contributed by atoms with Crippen molar-refractivity contribution >= 4 is 16.2 Å². The molecule has 1 aliphatic carbocycles. The van der Waals surface area contributed by atoms with Gasteiger partial charge in [0.2, 0.25) is 0 Å². The number of alkyl carbamates (subject to hydrolysis) is 1. The van der Waals surface area contributed by atoms with E-state index in [1.54, 1.807) is 0 Å². The number of hydrogen-bond donors (Lipinski definition) is 2. The van der Waals surface area contributed by atoms with Gasteiger partial charge in [-0.3, -0.25) is 4.55 Å². The molecule has 0 spiro atoms. The molecule has 1 aliphatic rings. The molecule has 0 aromatic heterocycles. The zero-order valence-electron chi connectivity index (χ0n) is 11.7. The number of unbranched alkanes of at least 4 members (excludes halogenated alkanes) is 1. The zero-order valence-corrected chi connectivity index (χ0v) is 12.5. The van der Waals surface area contributed by atoms with Gasteiger partial charge in [0.05, 0.1) is 6.61 Å². The maximum Gasteiger partial charge on any atom is 0.407 e. The fourth-order valence-corrected chi connectivity index (χ4v) is 2.58. The number of amides is 1. The number of halogens is 2. The van der Waals surface area contributed by atoms with Crippen molar-refractivity contribution in [1.29, 1.82) is 0 Å². The Labute approximate surface area is 123 Å². The van der Waals surface area contributed by atoms with Crippen LogP contribution in [0.25, 0.3) is 0 Å². The van der Waals surface area contributed by atoms with Gasteiger partial charge in [0.25, 0.3) is 0 Å². The lowest BCUT2D eigenvalue weighted by atomic mass is 9.96. The van der Waals surface area contributed by atoms with Gasteiger partial charge in [0.15, 0.2) is 0 Å². The first-order valence-corrected chi connectivity index (χ1v) is 8.44. The molecule has 0 radical (unpaired) electrons. The number of ether oxygens (including phenoxy) is 1. The number of rotatable bonds is 7. The molecule has 0 aromatic rings. The lowest BCUT2D eigenvalue weighted by molar-refractivity contribution is 0.0658. The van der Waals surface area contributed by atoms with Crippen LogP contribution in [-0.2, 0) is 14.9 Å². The Hall–Kier alpha value is -0.960. The molecule has 0 bridgehead atoms. The summed E-state index contributed by atoms with van der Waals surface area (Å²) in [6.45, 7) is -0.0693. The van der Waals surface area contributed by atoms with Gasteiger partial charge in [-0.05, 0) is 25.7 Å². The zero-order chi connectivity index (χ0) is 15.9. The van der Waals surface area contributed by atoms with Gasteiger partial charge in [-0.25, -0.2) is 4.79 Å². The van der Waals surface area contributed by atoms with E-state index in [9.17, 15) is 22.0 Å². The smallest absolute Gasteiger partial charge is 0.407 e. The first-order valence-electron chi connectivity index (χ1n) is 7.00. The van der Waals surface area contributed by atoms with Crippen LogP contribution in [0.2, 0.25) is 0 Å². The first kappa shape index (κ1) is 18.1. The SMILES string of the molecule is O=C(NC1CCCCC1)OCCCCC(F)(F)S(=O)(=O)O. The third-order valence-electron chi connectivity index (χ3n) is 3.40. The van der Waals surface area contributed by atoms with Crippen molar-refractivity contribution < 1.29 is 31.3 Å². The Bertz CT molecular complexity index is 435. The van der Waals surface area contributed by atoms with Crippen LogP contribution in [-0.4, -0.2) is 37.0 Å². The molecule has 2 N–H and O–H groups in total. The van der Waals surface area contributed by atoms with Gasteiger partial charge < -0.3 is 10.1 Å². The van der Waals surface area contributed by atoms with E-state index in [4.69, 9.17) is 9.29 Å². The monoisotopic (exact) mass is 329 g/mol. The summed E-state index contributed by atoms with van der Waals surface area (Å²) in [5.41, 5.74) is 0. The minimum absolute atomic E-state index is 0.0693. The highest BCUT2D eigenvalue weighted by atomic mass is 32.2. The molecule has 0 unspecified atom stereocenters. The summed E-state index contributed by atoms with van der Waals surface area (Å²) in [4.78, 5) is 11.4. The summed E-state index contributed by atoms with van der Waals surface area (Å²) in [5, 5.41) is -1.45. The number of alkyl halides is 2. The molecule has 0 atom stereocenters. The predicted octanol–water partition coefficient (Wildman–Crippen LogP) is 2.70. The fourth-order valence-electron chi connectivity index (χ4n) is 2.18. The van der Waals surface area contributed by atoms with Crippen LogP contribution in [0.5, 0.6) is 0 Å². The molecule has 21 heavy (non-hydrogen) atoms. The van der Waals surface area contributed by atoms with Crippen LogP contribution in [0, 0.1) is 0 Å². The summed E-state index contributed by atoms with van der Waals surface area (Å²) in [6.07, 6.45) is 3.46. The maximum atomic E-state index is 12.9. The van der Waals surface area contributed by atoms with Gasteiger partial charge >= 0.3 is 21.5 Å². The van der Waals surface area contributed by atoms with E-state index in [0.29, 0.717) is 0 Å². The molecule has 124 valence electrons. The van der Waals surface area contributed by atoms with Crippen molar-refractivity contribution in [2.45, 2.75) is 62.7 Å². The molecule has 0 aliphatic heterocycles. The standard InChI is InChI=1S/C12H21F2NO5S/c13-12(14,21(17,18)19)8-4-5-9-20-11(16)15-10-6-2-1-3-7-10/h10H,1-9H2,(H,15,16)(H,17,18,19). The lowest BCUT2D eigenvalue weighted by Crippen LogP contribution is -2.36. The Morgan fingerprint density at radius 3 is 2.43 bits per heavy atom. The van der Waals surface area contributed by atoms with E-state index in [2.05, 4.69) is 5.32 Å². The van der Waals surface area contributed by atoms with E-state index >= 15 is 0 Å². The molecule has 0 aromatic carbocycles. The number of carbonyl (C=O) groups is 1. The topological polar surface area (TPSA) is 92.7 Å². The van der Waals surface area contributed by atoms with Crippen LogP contribution >= 0.6 is 0 Å². The average Bonchev–Trinajstić information content (AvgIpc) is 2.38. The molecule has 1 fully saturated rings. The normalized spacial score (nSPS) is 17.5. The van der Waals surface area contributed by atoms with Gasteiger partial charge in [-0.1, -0.05) is 19.3 Å². The quantitative estimate of drug-likeness (QED) is 0.553. The van der Waals surface area contributed by atoms with Crippen molar-refractivity contribution in [3.8, 4) is 0 Å². The average molecular weight is 329 g/mol. The highest BCUT2D eigenvalue weighted by Crippen LogP contribution is 2.26. The Morgan fingerprint density at radius 2 is 1.86 bits per heavy atom. The van der Waals surface area contributed by atoms with Crippen LogP contribution in [0.3, 0.4) is 0 Å². The van der Waals surface area contributed by atoms with E-state index in [1.165, 1.54) is 0 Å². The maximum absolute atomic E-state index is 12.9. The van der Waals surface area contributed by atoms with Gasteiger partial charge in [-0.15, -0.1) is 0 Å². The second-order valence-corrected chi connectivity index (χ2v) is 6.73. The van der Waals surface area contributed by atoms with Crippen LogP contribution in [0.1, 0.15) is 51.4 Å². The van der Waals surface area contributed by atoms with E-state index in [1.807, 2.05) is 0 Å².